The van der Waals surface area contributed by atoms with Gasteiger partial charge in [-0.3, -0.25) is 4.79 Å². The van der Waals surface area contributed by atoms with Crippen molar-refractivity contribution in [1.29, 1.82) is 0 Å². The zero-order valence-electron chi connectivity index (χ0n) is 6.25. The van der Waals surface area contributed by atoms with E-state index in [1.165, 1.54) is 6.47 Å². The molecule has 4 heteroatoms. The van der Waals surface area contributed by atoms with E-state index in [2.05, 4.69) is 9.47 Å². The van der Waals surface area contributed by atoms with Gasteiger partial charge in [-0.1, -0.05) is 0 Å². The van der Waals surface area contributed by atoms with E-state index < -0.39 is 0 Å². The molecule has 0 saturated heterocycles. The van der Waals surface area contributed by atoms with Gasteiger partial charge in [-0.2, -0.15) is 0 Å². The minimum absolute atomic E-state index is 0.393. The van der Waals surface area contributed by atoms with E-state index in [0.717, 1.165) is 19.3 Å². The van der Waals surface area contributed by atoms with Gasteiger partial charge in [0.2, 0.25) is 0 Å². The van der Waals surface area contributed by atoms with Crippen LogP contribution in [0.1, 0.15) is 19.3 Å². The zero-order chi connectivity index (χ0) is 8.36. The number of hydrogen-bond donors (Lipinski definition) is 0. The van der Waals surface area contributed by atoms with Crippen molar-refractivity contribution in [3.63, 3.8) is 0 Å². The van der Waals surface area contributed by atoms with Gasteiger partial charge in [0.25, 0.3) is 6.47 Å². The van der Waals surface area contributed by atoms with Crippen LogP contribution in [0.15, 0.2) is 0 Å². The summed E-state index contributed by atoms with van der Waals surface area (Å²) in [6, 6.07) is 0. The number of rotatable bonds is 8. The van der Waals surface area contributed by atoms with Crippen molar-refractivity contribution >= 4 is 12.9 Å². The summed E-state index contributed by atoms with van der Waals surface area (Å²) in [6.45, 7) is 2.59. The average Bonchev–Trinajstić information content (AvgIpc) is 2.03. The third-order valence-electron chi connectivity index (χ3n) is 1.14. The molecule has 63 valence electrons. The van der Waals surface area contributed by atoms with Crippen LogP contribution in [0, 0.1) is 0 Å². The molecule has 0 atom stereocenters. The predicted octanol–water partition coefficient (Wildman–Crippen LogP) is 0.413. The second kappa shape index (κ2) is 8.94. The fourth-order valence-corrected chi connectivity index (χ4v) is 0.626. The van der Waals surface area contributed by atoms with Gasteiger partial charge in [0, 0.05) is 0 Å². The highest BCUT2D eigenvalue weighted by molar-refractivity contribution is 5.38. The first kappa shape index (κ1) is 9.94. The molecule has 0 saturated carbocycles. The van der Waals surface area contributed by atoms with E-state index in [9.17, 15) is 9.59 Å². The highest BCUT2D eigenvalue weighted by Gasteiger charge is 1.89. The third-order valence-corrected chi connectivity index (χ3v) is 1.14. The first-order valence-electron chi connectivity index (χ1n) is 3.46. The Morgan fingerprint density at radius 2 is 1.91 bits per heavy atom. The molecule has 0 amide bonds. The third kappa shape index (κ3) is 8.94. The number of unbranched alkanes of at least 4 members (excludes halogenated alkanes) is 2. The first-order chi connectivity index (χ1) is 5.41. The molecule has 1 radical (unpaired) electrons. The van der Waals surface area contributed by atoms with Crippen LogP contribution in [0.3, 0.4) is 0 Å². The molecule has 4 nitrogen and oxygen atoms in total. The lowest BCUT2D eigenvalue weighted by atomic mass is 10.2. The van der Waals surface area contributed by atoms with Gasteiger partial charge in [-0.25, -0.2) is 4.79 Å². The summed E-state index contributed by atoms with van der Waals surface area (Å²) >= 11 is 0. The second-order valence-corrected chi connectivity index (χ2v) is 1.96. The lowest BCUT2D eigenvalue weighted by molar-refractivity contribution is -0.128. The normalized spacial score (nSPS) is 8.73. The van der Waals surface area contributed by atoms with Gasteiger partial charge < -0.3 is 9.47 Å². The maximum absolute atomic E-state index is 9.64. The van der Waals surface area contributed by atoms with Gasteiger partial charge in [0.05, 0.1) is 13.2 Å². The molecular formula is C7H11O4. The minimum Gasteiger partial charge on any atom is -0.468 e. The van der Waals surface area contributed by atoms with E-state index in [1.54, 1.807) is 0 Å². The molecule has 0 aromatic carbocycles. The SMILES string of the molecule is O=[C]OCCCCCOC=O. The Morgan fingerprint density at radius 1 is 1.18 bits per heavy atom. The maximum atomic E-state index is 9.64. The number of hydrogen-bond acceptors (Lipinski definition) is 4. The van der Waals surface area contributed by atoms with Gasteiger partial charge in [0.15, 0.2) is 0 Å². The number of carbonyl (C=O) groups excluding carboxylic acids is 2. The molecule has 0 N–H and O–H groups in total. The Kier molecular flexibility index (Phi) is 8.08. The summed E-state index contributed by atoms with van der Waals surface area (Å²) in [5.41, 5.74) is 0. The van der Waals surface area contributed by atoms with Crippen LogP contribution >= 0.6 is 0 Å². The topological polar surface area (TPSA) is 52.6 Å². The van der Waals surface area contributed by atoms with Gasteiger partial charge >= 0.3 is 6.47 Å². The van der Waals surface area contributed by atoms with Crippen LogP contribution in [0.4, 0.5) is 0 Å². The Labute approximate surface area is 65.5 Å². The lowest BCUT2D eigenvalue weighted by Gasteiger charge is -1.97. The Balaban J connectivity index is 2.79. The van der Waals surface area contributed by atoms with Crippen molar-refractivity contribution in [2.24, 2.45) is 0 Å². The largest absolute Gasteiger partial charge is 0.468 e. The Hall–Kier alpha value is -1.06. The fourth-order valence-electron chi connectivity index (χ4n) is 0.626. The lowest BCUT2D eigenvalue weighted by Crippen LogP contribution is -1.95. The molecule has 0 unspecified atom stereocenters. The standard InChI is InChI=1S/C7H11O4/c8-6-10-4-2-1-3-5-11-7-9/h6H,1-5H2. The van der Waals surface area contributed by atoms with Crippen LogP contribution in [-0.2, 0) is 19.1 Å². The van der Waals surface area contributed by atoms with Gasteiger partial charge in [-0.15, -0.1) is 0 Å². The fraction of sp³-hybridized carbons (Fsp3) is 0.714. The molecule has 0 aliphatic heterocycles. The second-order valence-electron chi connectivity index (χ2n) is 1.96. The Bertz CT molecular complexity index is 90.6. The van der Waals surface area contributed by atoms with E-state index in [-0.39, 0.29) is 0 Å². The van der Waals surface area contributed by atoms with Crippen molar-refractivity contribution in [1.82, 2.24) is 0 Å². The highest BCUT2D eigenvalue weighted by atomic mass is 16.5. The van der Waals surface area contributed by atoms with Crippen molar-refractivity contribution in [3.05, 3.63) is 0 Å². The van der Waals surface area contributed by atoms with Crippen molar-refractivity contribution < 1.29 is 19.1 Å². The van der Waals surface area contributed by atoms with E-state index in [4.69, 9.17) is 0 Å². The summed E-state index contributed by atoms with van der Waals surface area (Å²) in [4.78, 5) is 19.2. The molecule has 0 fully saturated rings. The number of ether oxygens (including phenoxy) is 2. The molecule has 0 heterocycles. The van der Waals surface area contributed by atoms with Crippen LogP contribution in [0.2, 0.25) is 0 Å². The summed E-state index contributed by atoms with van der Waals surface area (Å²) in [6.07, 6.45) is 2.48. The van der Waals surface area contributed by atoms with Crippen LogP contribution < -0.4 is 0 Å². The summed E-state index contributed by atoms with van der Waals surface area (Å²) in [5, 5.41) is 0. The van der Waals surface area contributed by atoms with Gasteiger partial charge in [0.1, 0.15) is 0 Å². The molecule has 0 aliphatic rings. The van der Waals surface area contributed by atoms with Crippen molar-refractivity contribution in [2.75, 3.05) is 13.2 Å². The molecule has 0 aromatic heterocycles. The Morgan fingerprint density at radius 3 is 2.55 bits per heavy atom. The first-order valence-corrected chi connectivity index (χ1v) is 3.46. The molecule has 0 aliphatic carbocycles. The number of carbonyl (C=O) groups is 1. The molecule has 0 aromatic rings. The molecule has 11 heavy (non-hydrogen) atoms. The monoisotopic (exact) mass is 159 g/mol. The van der Waals surface area contributed by atoms with Crippen LogP contribution in [0.5, 0.6) is 0 Å². The van der Waals surface area contributed by atoms with E-state index >= 15 is 0 Å². The molecule has 0 bridgehead atoms. The van der Waals surface area contributed by atoms with E-state index in [0.29, 0.717) is 19.7 Å². The maximum Gasteiger partial charge on any atom is 0.417 e. The smallest absolute Gasteiger partial charge is 0.417 e. The zero-order valence-corrected chi connectivity index (χ0v) is 6.25. The molecule has 0 spiro atoms. The van der Waals surface area contributed by atoms with E-state index in [1.807, 2.05) is 0 Å². The summed E-state index contributed by atoms with van der Waals surface area (Å²) < 4.78 is 8.77. The quantitative estimate of drug-likeness (QED) is 0.380. The van der Waals surface area contributed by atoms with Crippen LogP contribution in [0.25, 0.3) is 0 Å². The summed E-state index contributed by atoms with van der Waals surface area (Å²) in [5.74, 6) is 0. The highest BCUT2D eigenvalue weighted by Crippen LogP contribution is 1.94. The van der Waals surface area contributed by atoms with Crippen LogP contribution in [-0.4, -0.2) is 26.2 Å². The average molecular weight is 159 g/mol. The molecule has 0 rings (SSSR count). The minimum atomic E-state index is 0.393. The molecular weight excluding hydrogens is 148 g/mol. The van der Waals surface area contributed by atoms with Gasteiger partial charge in [-0.05, 0) is 19.3 Å². The van der Waals surface area contributed by atoms with Crippen molar-refractivity contribution in [3.8, 4) is 0 Å². The predicted molar refractivity (Wildman–Crippen MR) is 37.5 cm³/mol. The van der Waals surface area contributed by atoms with Crippen molar-refractivity contribution in [2.45, 2.75) is 19.3 Å². The summed E-state index contributed by atoms with van der Waals surface area (Å²) in [7, 11) is 0.